The summed E-state index contributed by atoms with van der Waals surface area (Å²) >= 11 is 0. The maximum atomic E-state index is 17.8. The van der Waals surface area contributed by atoms with Crippen molar-refractivity contribution < 1.29 is 86.7 Å². The van der Waals surface area contributed by atoms with Crippen molar-refractivity contribution in [1.29, 1.82) is 0 Å². The van der Waals surface area contributed by atoms with Gasteiger partial charge in [0.2, 0.25) is 17.3 Å². The van der Waals surface area contributed by atoms with Gasteiger partial charge < -0.3 is 58.0 Å². The largest absolute Gasteiger partial charge is 0.494 e. The Morgan fingerprint density at radius 2 is 0.435 bits per heavy atom. The number of Topliss-reactive ketones (excluding diaryl/α,β-unsaturated/α-hetero) is 3. The highest BCUT2D eigenvalue weighted by Crippen LogP contribution is 2.56. The van der Waals surface area contributed by atoms with E-state index in [2.05, 4.69) is 41.5 Å². The van der Waals surface area contributed by atoms with Crippen LogP contribution in [0.4, 0.5) is 0 Å². The van der Waals surface area contributed by atoms with E-state index in [9.17, 15) is 15.3 Å². The van der Waals surface area contributed by atoms with Crippen LogP contribution in [0.25, 0.3) is 0 Å². The number of ketones is 3. The Kier molecular flexibility index (Phi) is 37.5. The number of carbonyl (C=O) groups is 6. The molecular weight excluding hydrogens is 1370 g/mol. The molecule has 0 bridgehead atoms. The molecule has 6 atom stereocenters. The van der Waals surface area contributed by atoms with E-state index in [1.165, 1.54) is 146 Å². The Morgan fingerprint density at radius 1 is 0.250 bits per heavy atom. The average molecular weight is 1490 g/mol. The number of unbranched alkanes of at least 4 members (excludes halogenated alkanes) is 24. The fourth-order valence-electron chi connectivity index (χ4n) is 13.6. The molecule has 6 aromatic rings. The van der Waals surface area contributed by atoms with Crippen molar-refractivity contribution in [1.82, 2.24) is 0 Å². The predicted octanol–water partition coefficient (Wildman–Crippen LogP) is 19.6. The molecule has 0 unspecified atom stereocenters. The molecule has 0 heterocycles. The number of esters is 3. The van der Waals surface area contributed by atoms with E-state index < -0.39 is 87.1 Å². The molecule has 6 aromatic carbocycles. The Hall–Kier alpha value is -8.58. The molecule has 18 heteroatoms. The number of aliphatic hydroxyl groups excluding tert-OH is 3. The fourth-order valence-corrected chi connectivity index (χ4v) is 13.6. The van der Waals surface area contributed by atoms with Gasteiger partial charge in [-0.05, 0) is 184 Å². The van der Waals surface area contributed by atoms with Gasteiger partial charge in [0.15, 0.2) is 0 Å². The molecule has 7 rings (SSSR count). The molecule has 0 radical (unpaired) electrons. The van der Waals surface area contributed by atoms with Crippen LogP contribution >= 0.6 is 0 Å². The third-order valence-corrected chi connectivity index (χ3v) is 20.0. The molecule has 0 aromatic heterocycles. The van der Waals surface area contributed by atoms with E-state index in [4.69, 9.17) is 42.6 Å². The average Bonchev–Trinajstić information content (AvgIpc) is 0.659. The van der Waals surface area contributed by atoms with Crippen molar-refractivity contribution in [2.75, 3.05) is 39.6 Å². The first-order valence-corrected chi connectivity index (χ1v) is 40.3. The van der Waals surface area contributed by atoms with Crippen LogP contribution < -0.4 is 28.4 Å². The Morgan fingerprint density at radius 3 is 0.648 bits per heavy atom. The highest BCUT2D eigenvalue weighted by molar-refractivity contribution is 6.21. The lowest BCUT2D eigenvalue weighted by atomic mass is 9.52. The smallest absolute Gasteiger partial charge is 0.339 e. The van der Waals surface area contributed by atoms with Gasteiger partial charge in [0.1, 0.15) is 52.8 Å². The second-order valence-electron chi connectivity index (χ2n) is 28.4. The van der Waals surface area contributed by atoms with Gasteiger partial charge >= 0.3 is 17.9 Å². The van der Waals surface area contributed by atoms with Crippen LogP contribution in [0, 0.1) is 0 Å². The molecule has 1 saturated carbocycles. The van der Waals surface area contributed by atoms with Crippen molar-refractivity contribution in [3.63, 3.8) is 0 Å². The van der Waals surface area contributed by atoms with E-state index in [1.807, 2.05) is 0 Å². The van der Waals surface area contributed by atoms with E-state index in [1.54, 1.807) is 0 Å². The van der Waals surface area contributed by atoms with E-state index in [0.717, 1.165) is 173 Å². The van der Waals surface area contributed by atoms with Crippen LogP contribution in [0.1, 0.15) is 296 Å². The van der Waals surface area contributed by atoms with Crippen molar-refractivity contribution in [3.05, 3.63) is 179 Å². The van der Waals surface area contributed by atoms with Gasteiger partial charge in [0.05, 0.1) is 56.3 Å². The summed E-state index contributed by atoms with van der Waals surface area (Å²) < 4.78 is 57.3. The highest BCUT2D eigenvalue weighted by Gasteiger charge is 2.88. The molecule has 1 aliphatic rings. The van der Waals surface area contributed by atoms with Gasteiger partial charge in [-0.3, -0.25) is 14.4 Å². The van der Waals surface area contributed by atoms with Crippen LogP contribution in [-0.4, -0.2) is 125 Å². The maximum absolute atomic E-state index is 17.8. The standard InChI is InChI=1S/C90H120O18/c1-7-13-19-25-31-61-100-73-49-37-67(38-50-73)80(92)88(106-85(97)70-43-55-76(56-44-70)103-64-34-28-22-16-10-4)83(95)79(91)84(96)89(81(93)68-39-51-74(52-40-68)101-62-32-26-20-14-8-2,107-86(98)71-45-57-77(58-46-71)104-65-35-29-23-17-11-5)90(88,82(94)69-41-53-75(54-42-69)102-63-33-27-21-15-9-3)108-87(99)72-47-59-78(60-48-72)105-66-36-30-24-18-12-6/h37-60,79,83-84,91,95-96H,7-36,61-66H2,1-6H3/t79-,83-,84+,88+,89-,90-. The van der Waals surface area contributed by atoms with Crippen LogP contribution in [-0.2, 0) is 14.2 Å². The van der Waals surface area contributed by atoms with Gasteiger partial charge in [-0.25, -0.2) is 14.4 Å². The second-order valence-corrected chi connectivity index (χ2v) is 28.4. The summed E-state index contributed by atoms with van der Waals surface area (Å²) in [5.74, 6) is -7.43. The summed E-state index contributed by atoms with van der Waals surface area (Å²) in [7, 11) is 0. The van der Waals surface area contributed by atoms with Crippen LogP contribution in [0.3, 0.4) is 0 Å². The van der Waals surface area contributed by atoms with E-state index in [-0.39, 0.29) is 40.5 Å². The number of carbonyl (C=O) groups excluding carboxylic acids is 6. The molecular formula is C90H120O18. The van der Waals surface area contributed by atoms with Gasteiger partial charge in [0.25, 0.3) is 16.8 Å². The van der Waals surface area contributed by atoms with E-state index >= 15 is 28.8 Å². The minimum Gasteiger partial charge on any atom is -0.494 e. The predicted molar refractivity (Wildman–Crippen MR) is 420 cm³/mol. The molecule has 1 aliphatic carbocycles. The summed E-state index contributed by atoms with van der Waals surface area (Å²) in [6.45, 7) is 14.6. The van der Waals surface area contributed by atoms with Crippen molar-refractivity contribution in [2.45, 2.75) is 269 Å². The molecule has 0 spiro atoms. The Bertz CT molecular complexity index is 3450. The zero-order chi connectivity index (χ0) is 77.4. The summed E-state index contributed by atoms with van der Waals surface area (Å²) in [5.41, 5.74) is -14.8. The molecule has 18 nitrogen and oxygen atoms in total. The lowest BCUT2D eigenvalue weighted by Crippen LogP contribution is -2.91. The van der Waals surface area contributed by atoms with Gasteiger partial charge in [-0.15, -0.1) is 0 Å². The third-order valence-electron chi connectivity index (χ3n) is 20.0. The quantitative estimate of drug-likeness (QED) is 0.0139. The summed E-state index contributed by atoms with van der Waals surface area (Å²) in [5, 5.41) is 40.7. The molecule has 108 heavy (non-hydrogen) atoms. The molecule has 3 N–H and O–H groups in total. The summed E-state index contributed by atoms with van der Waals surface area (Å²) in [6, 6.07) is 32.7. The van der Waals surface area contributed by atoms with Crippen LogP contribution in [0.2, 0.25) is 0 Å². The summed E-state index contributed by atoms with van der Waals surface area (Å²) in [4.78, 5) is 101. The molecule has 0 saturated heterocycles. The van der Waals surface area contributed by atoms with E-state index in [0.29, 0.717) is 69.5 Å². The Labute approximate surface area is 641 Å². The number of ether oxygens (including phenoxy) is 9. The minimum atomic E-state index is -4.20. The van der Waals surface area contributed by atoms with Gasteiger partial charge in [-0.1, -0.05) is 196 Å². The number of aliphatic hydroxyl groups is 3. The molecule has 0 aliphatic heterocycles. The second kappa shape index (κ2) is 46.7. The Balaban J connectivity index is 1.56. The molecule has 0 amide bonds. The first-order chi connectivity index (χ1) is 52.6. The van der Waals surface area contributed by atoms with Gasteiger partial charge in [-0.2, -0.15) is 0 Å². The van der Waals surface area contributed by atoms with Gasteiger partial charge in [0, 0.05) is 16.7 Å². The topological polar surface area (TPSA) is 246 Å². The number of hydrogen-bond donors (Lipinski definition) is 3. The number of benzene rings is 6. The monoisotopic (exact) mass is 1490 g/mol. The first-order valence-electron chi connectivity index (χ1n) is 40.3. The van der Waals surface area contributed by atoms with Crippen molar-refractivity contribution in [2.24, 2.45) is 0 Å². The molecule has 588 valence electrons. The van der Waals surface area contributed by atoms with Crippen molar-refractivity contribution in [3.8, 4) is 34.5 Å². The number of hydrogen-bond acceptors (Lipinski definition) is 18. The number of rotatable bonds is 54. The zero-order valence-corrected chi connectivity index (χ0v) is 65.0. The fraction of sp³-hybridized carbons (Fsp3) is 0.533. The first kappa shape index (κ1) is 86.7. The summed E-state index contributed by atoms with van der Waals surface area (Å²) in [6.07, 6.45) is 19.3. The van der Waals surface area contributed by atoms with Crippen molar-refractivity contribution >= 4 is 35.3 Å². The SMILES string of the molecule is CCCCCCCOc1ccc(C(=O)O[C@@]2(C(=O)c3ccc(OCCCCCCC)cc3)[C@@](OC(=O)c3ccc(OCCCCCCC)cc3)(C(=O)c3ccc(OCCCCCCC)cc3)[C@@H](O)[C@H](O)[C@@H](O)[C@@]2(OC(=O)c2ccc(OCCCCCCC)cc2)C(=O)c2ccc(OCCCCCCC)cc2)cc1. The maximum Gasteiger partial charge on any atom is 0.339 e. The van der Waals surface area contributed by atoms with Crippen LogP contribution in [0.15, 0.2) is 146 Å². The normalized spacial score (nSPS) is 18.1. The van der Waals surface area contributed by atoms with Crippen LogP contribution in [0.5, 0.6) is 34.5 Å². The highest BCUT2D eigenvalue weighted by atomic mass is 16.7. The zero-order valence-electron chi connectivity index (χ0n) is 65.0. The lowest BCUT2D eigenvalue weighted by Gasteiger charge is -2.60. The molecule has 1 fully saturated rings. The minimum absolute atomic E-state index is 0.261. The lowest BCUT2D eigenvalue weighted by molar-refractivity contribution is -0.293. The third kappa shape index (κ3) is 24.0.